The number of rotatable bonds is 9. The summed E-state index contributed by atoms with van der Waals surface area (Å²) in [6.07, 6.45) is 11.0. The minimum atomic E-state index is -0.633. The summed E-state index contributed by atoms with van der Waals surface area (Å²) in [7, 11) is 0. The Labute approximate surface area is 183 Å². The molecule has 4 heterocycles. The average Bonchev–Trinajstić information content (AvgIpc) is 3.52. The van der Waals surface area contributed by atoms with Gasteiger partial charge in [0.05, 0.1) is 24.5 Å². The van der Waals surface area contributed by atoms with Gasteiger partial charge in [0.25, 0.3) is 0 Å². The summed E-state index contributed by atoms with van der Waals surface area (Å²) in [5.74, 6) is -0.801. The van der Waals surface area contributed by atoms with E-state index in [1.54, 1.807) is 0 Å². The molecule has 0 unspecified atom stereocenters. The van der Waals surface area contributed by atoms with E-state index in [0.29, 0.717) is 19.6 Å². The van der Waals surface area contributed by atoms with E-state index in [1.807, 2.05) is 35.4 Å². The lowest BCUT2D eigenvalue weighted by Gasteiger charge is -2.23. The number of aromatic amines is 1. The minimum Gasteiger partial charge on any atom is -0.361 e. The quantitative estimate of drug-likeness (QED) is 0.482. The molecule has 2 fully saturated rings. The Bertz CT molecular complexity index is 1010. The predicted molar refractivity (Wildman–Crippen MR) is 119 cm³/mol. The van der Waals surface area contributed by atoms with Crippen LogP contribution in [0.4, 0.5) is 0 Å². The van der Waals surface area contributed by atoms with E-state index in [2.05, 4.69) is 29.4 Å². The van der Waals surface area contributed by atoms with Crippen molar-refractivity contribution in [3.8, 4) is 0 Å². The summed E-state index contributed by atoms with van der Waals surface area (Å²) < 4.78 is 6.23. The maximum atomic E-state index is 13.3. The molecule has 3 aliphatic heterocycles. The van der Waals surface area contributed by atoms with Crippen molar-refractivity contribution in [2.75, 3.05) is 19.6 Å². The summed E-state index contributed by atoms with van der Waals surface area (Å²) in [5, 5.41) is 4.26. The van der Waals surface area contributed by atoms with Crippen molar-refractivity contribution >= 4 is 22.7 Å². The first-order chi connectivity index (χ1) is 15.1. The number of hydrogen-bond acceptors (Lipinski definition) is 3. The zero-order valence-corrected chi connectivity index (χ0v) is 18.1. The third-order valence-electron chi connectivity index (χ3n) is 7.14. The van der Waals surface area contributed by atoms with Gasteiger partial charge < -0.3 is 19.9 Å². The van der Waals surface area contributed by atoms with Gasteiger partial charge in [0.15, 0.2) is 0 Å². The molecule has 1 spiro atoms. The highest BCUT2D eigenvalue weighted by Crippen LogP contribution is 2.51. The number of aromatic nitrogens is 1. The molecule has 2 bridgehead atoms. The highest BCUT2D eigenvalue weighted by atomic mass is 16.5. The average molecular weight is 422 g/mol. The van der Waals surface area contributed by atoms with E-state index in [4.69, 9.17) is 4.74 Å². The number of benzene rings is 1. The number of unbranched alkanes of at least 4 members (excludes halogenated alkanes) is 3. The van der Waals surface area contributed by atoms with Gasteiger partial charge in [0, 0.05) is 30.2 Å². The molecule has 2 N–H and O–H groups in total. The number of H-pyrrole nitrogens is 1. The topological polar surface area (TPSA) is 74.4 Å². The van der Waals surface area contributed by atoms with Crippen LogP contribution in [-0.2, 0) is 20.7 Å². The molecular formula is C25H31N3O3. The highest BCUT2D eigenvalue weighted by molar-refractivity contribution is 5.93. The van der Waals surface area contributed by atoms with Crippen molar-refractivity contribution in [3.05, 3.63) is 48.2 Å². The molecule has 6 heteroatoms. The summed E-state index contributed by atoms with van der Waals surface area (Å²) in [4.78, 5) is 31.5. The van der Waals surface area contributed by atoms with E-state index in [9.17, 15) is 9.59 Å². The third-order valence-corrected chi connectivity index (χ3v) is 7.14. The molecule has 5 rings (SSSR count). The van der Waals surface area contributed by atoms with Gasteiger partial charge in [-0.2, -0.15) is 0 Å². The van der Waals surface area contributed by atoms with Crippen LogP contribution in [0, 0.1) is 11.8 Å². The first-order valence-electron chi connectivity index (χ1n) is 11.6. The van der Waals surface area contributed by atoms with Crippen LogP contribution >= 0.6 is 0 Å². The zero-order valence-electron chi connectivity index (χ0n) is 18.1. The van der Waals surface area contributed by atoms with E-state index in [1.165, 1.54) is 23.8 Å². The molecule has 3 aliphatic rings. The Balaban J connectivity index is 1.24. The monoisotopic (exact) mass is 421 g/mol. The number of likely N-dealkylation sites (tertiary alicyclic amines) is 1. The lowest BCUT2D eigenvalue weighted by Crippen LogP contribution is -2.44. The van der Waals surface area contributed by atoms with Crippen LogP contribution in [0.1, 0.15) is 38.2 Å². The largest absolute Gasteiger partial charge is 0.361 e. The van der Waals surface area contributed by atoms with Gasteiger partial charge in [0.1, 0.15) is 5.60 Å². The second-order valence-corrected chi connectivity index (χ2v) is 9.12. The summed E-state index contributed by atoms with van der Waals surface area (Å²) in [5.41, 5.74) is 1.69. The van der Waals surface area contributed by atoms with E-state index in [-0.39, 0.29) is 17.9 Å². The van der Waals surface area contributed by atoms with E-state index >= 15 is 0 Å². The van der Waals surface area contributed by atoms with Gasteiger partial charge in [-0.05, 0) is 24.5 Å². The molecule has 1 aromatic heterocycles. The maximum Gasteiger partial charge on any atom is 0.230 e. The lowest BCUT2D eigenvalue weighted by molar-refractivity contribution is -0.137. The molecule has 0 aliphatic carbocycles. The molecule has 6 nitrogen and oxygen atoms in total. The predicted octanol–water partition coefficient (Wildman–Crippen LogP) is 3.19. The molecule has 164 valence electrons. The Morgan fingerprint density at radius 3 is 3.03 bits per heavy atom. The molecule has 1 aromatic carbocycles. The summed E-state index contributed by atoms with van der Waals surface area (Å²) >= 11 is 0. The first kappa shape index (κ1) is 20.3. The summed E-state index contributed by atoms with van der Waals surface area (Å²) in [6.45, 7) is 4.01. The standard InChI is InChI=1S/C25H31N3O3/c1-2-3-4-7-13-26-23(29)21-20-10-12-25(31-20)16-28(24(30)22(21)25)14-11-17-15-27-19-9-6-5-8-18(17)19/h5-6,8-10,12,15,20-22,27H,2-4,7,11,13-14,16H2,1H3,(H,26,29)/t20-,21-,22+,25-/m0/s1. The summed E-state index contributed by atoms with van der Waals surface area (Å²) in [6, 6.07) is 8.22. The number of nitrogens with zero attached hydrogens (tertiary/aromatic N) is 1. The number of fused-ring (bicyclic) bond motifs is 2. The molecule has 0 saturated carbocycles. The van der Waals surface area contributed by atoms with Crippen LogP contribution in [0.15, 0.2) is 42.6 Å². The normalized spacial score (nSPS) is 28.6. The van der Waals surface area contributed by atoms with E-state index in [0.717, 1.165) is 24.8 Å². The van der Waals surface area contributed by atoms with Crippen molar-refractivity contribution in [2.45, 2.75) is 50.7 Å². The fourth-order valence-electron chi connectivity index (χ4n) is 5.54. The van der Waals surface area contributed by atoms with Crippen LogP contribution in [0.2, 0.25) is 0 Å². The molecule has 2 aromatic rings. The SMILES string of the molecule is CCCCCCNC(=O)[C@H]1[C@@H]2C=C[C@@]3(CN(CCc4c[nH]c5ccccc45)C(=O)[C@@H]13)O2. The maximum absolute atomic E-state index is 13.3. The number of amides is 2. The first-order valence-corrected chi connectivity index (χ1v) is 11.6. The molecule has 31 heavy (non-hydrogen) atoms. The minimum absolute atomic E-state index is 0.0375. The van der Waals surface area contributed by atoms with Crippen molar-refractivity contribution in [2.24, 2.45) is 11.8 Å². The Kier molecular flexibility index (Phi) is 5.34. The van der Waals surface area contributed by atoms with Crippen LogP contribution in [0.25, 0.3) is 10.9 Å². The number of carbonyl (C=O) groups is 2. The van der Waals surface area contributed by atoms with Crippen molar-refractivity contribution in [1.82, 2.24) is 15.2 Å². The van der Waals surface area contributed by atoms with Gasteiger partial charge >= 0.3 is 0 Å². The van der Waals surface area contributed by atoms with Crippen LogP contribution in [0.5, 0.6) is 0 Å². The zero-order chi connectivity index (χ0) is 21.4. The molecular weight excluding hydrogens is 390 g/mol. The van der Waals surface area contributed by atoms with Crippen LogP contribution in [0.3, 0.4) is 0 Å². The fraction of sp³-hybridized carbons (Fsp3) is 0.520. The van der Waals surface area contributed by atoms with Crippen molar-refractivity contribution in [3.63, 3.8) is 0 Å². The van der Waals surface area contributed by atoms with Gasteiger partial charge in [-0.25, -0.2) is 0 Å². The second kappa shape index (κ2) is 8.15. The molecule has 0 radical (unpaired) electrons. The Morgan fingerprint density at radius 2 is 2.16 bits per heavy atom. The van der Waals surface area contributed by atoms with Crippen molar-refractivity contribution in [1.29, 1.82) is 0 Å². The molecule has 2 saturated heterocycles. The molecule has 2 amide bonds. The Morgan fingerprint density at radius 1 is 1.29 bits per heavy atom. The number of ether oxygens (including phenoxy) is 1. The van der Waals surface area contributed by atoms with Gasteiger partial charge in [0.2, 0.25) is 11.8 Å². The van der Waals surface area contributed by atoms with E-state index < -0.39 is 17.4 Å². The van der Waals surface area contributed by atoms with Crippen molar-refractivity contribution < 1.29 is 14.3 Å². The van der Waals surface area contributed by atoms with Crippen LogP contribution < -0.4 is 5.32 Å². The number of hydrogen-bond donors (Lipinski definition) is 2. The number of para-hydroxylation sites is 1. The lowest BCUT2D eigenvalue weighted by atomic mass is 9.77. The third kappa shape index (κ3) is 3.47. The van der Waals surface area contributed by atoms with Gasteiger partial charge in [-0.3, -0.25) is 9.59 Å². The number of nitrogens with one attached hydrogen (secondary N) is 2. The van der Waals surface area contributed by atoms with Gasteiger partial charge in [-0.1, -0.05) is 56.5 Å². The Hall–Kier alpha value is -2.60. The van der Waals surface area contributed by atoms with Gasteiger partial charge in [-0.15, -0.1) is 0 Å². The number of carbonyl (C=O) groups excluding carboxylic acids is 2. The molecule has 4 atom stereocenters. The fourth-order valence-corrected chi connectivity index (χ4v) is 5.54. The second-order valence-electron chi connectivity index (χ2n) is 9.12. The van der Waals surface area contributed by atoms with Crippen LogP contribution in [-0.4, -0.2) is 53.0 Å². The smallest absolute Gasteiger partial charge is 0.230 e. The highest BCUT2D eigenvalue weighted by Gasteiger charge is 2.66.